The minimum absolute atomic E-state index is 0.112. The molecule has 51 heavy (non-hydrogen) atoms. The van der Waals surface area contributed by atoms with E-state index in [2.05, 4.69) is 34.6 Å². The molecule has 2 heterocycles. The summed E-state index contributed by atoms with van der Waals surface area (Å²) >= 11 is 0. The number of amides is 4. The minimum atomic E-state index is -0.231. The van der Waals surface area contributed by atoms with Crippen LogP contribution in [0.1, 0.15) is 160 Å². The van der Waals surface area contributed by atoms with E-state index in [9.17, 15) is 19.2 Å². The van der Waals surface area contributed by atoms with E-state index in [1.54, 1.807) is 4.90 Å². The highest BCUT2D eigenvalue weighted by Crippen LogP contribution is 2.46. The van der Waals surface area contributed by atoms with Crippen LogP contribution >= 0.6 is 0 Å². The second-order valence-corrected chi connectivity index (χ2v) is 16.3. The number of benzene rings is 5. The van der Waals surface area contributed by atoms with Crippen molar-refractivity contribution in [3.63, 3.8) is 0 Å². The number of carbonyl (C=O) groups is 4. The van der Waals surface area contributed by atoms with Crippen molar-refractivity contribution in [3.05, 3.63) is 70.8 Å². The SMILES string of the molecule is CCCCCC(CCCCC)N1C(=O)c2ccc3c4ccc5c6c(ccc(c7ccc(c2c37)C1=O)c64)C(=O)N(CCCCCCC(C)(C)C)C5=O. The van der Waals surface area contributed by atoms with Gasteiger partial charge in [0.15, 0.2) is 0 Å². The molecule has 7 rings (SSSR count). The number of imide groups is 2. The van der Waals surface area contributed by atoms with E-state index >= 15 is 0 Å². The molecule has 0 fully saturated rings. The number of carbonyl (C=O) groups excluding carboxylic acids is 4. The zero-order valence-corrected chi connectivity index (χ0v) is 31.1. The van der Waals surface area contributed by atoms with E-state index < -0.39 is 0 Å². The second kappa shape index (κ2) is 14.0. The summed E-state index contributed by atoms with van der Waals surface area (Å²) in [7, 11) is 0. The van der Waals surface area contributed by atoms with Crippen molar-refractivity contribution in [2.75, 3.05) is 6.54 Å². The number of nitrogens with zero attached hydrogens (tertiary/aromatic N) is 2. The first-order chi connectivity index (χ1) is 24.6. The lowest BCUT2D eigenvalue weighted by atomic mass is 9.82. The van der Waals surface area contributed by atoms with Gasteiger partial charge in [-0.1, -0.05) is 117 Å². The zero-order chi connectivity index (χ0) is 36.0. The van der Waals surface area contributed by atoms with Crippen LogP contribution in [0.4, 0.5) is 0 Å². The minimum Gasteiger partial charge on any atom is -0.274 e. The molecule has 6 nitrogen and oxygen atoms in total. The van der Waals surface area contributed by atoms with Gasteiger partial charge in [-0.05, 0) is 87.7 Å². The van der Waals surface area contributed by atoms with Crippen molar-refractivity contribution in [1.82, 2.24) is 9.80 Å². The van der Waals surface area contributed by atoms with Crippen LogP contribution in [0.3, 0.4) is 0 Å². The smallest absolute Gasteiger partial charge is 0.261 e. The van der Waals surface area contributed by atoms with Crippen LogP contribution in [0.15, 0.2) is 48.5 Å². The molecule has 2 aliphatic rings. The first-order valence-corrected chi connectivity index (χ1v) is 19.5. The highest BCUT2D eigenvalue weighted by Gasteiger charge is 2.39. The Bertz CT molecular complexity index is 2040. The van der Waals surface area contributed by atoms with Gasteiger partial charge in [0.05, 0.1) is 0 Å². The maximum atomic E-state index is 14.3. The van der Waals surface area contributed by atoms with Crippen molar-refractivity contribution in [1.29, 1.82) is 0 Å². The molecule has 6 heteroatoms. The molecule has 0 aromatic heterocycles. The summed E-state index contributed by atoms with van der Waals surface area (Å²) in [5.41, 5.74) is 2.59. The lowest BCUT2D eigenvalue weighted by Gasteiger charge is -2.35. The molecule has 2 aliphatic heterocycles. The molecule has 0 aliphatic carbocycles. The lowest BCUT2D eigenvalue weighted by molar-refractivity contribution is 0.0514. The van der Waals surface area contributed by atoms with Crippen molar-refractivity contribution in [2.45, 2.75) is 124 Å². The van der Waals surface area contributed by atoms with Crippen molar-refractivity contribution < 1.29 is 19.2 Å². The second-order valence-electron chi connectivity index (χ2n) is 16.3. The quantitative estimate of drug-likeness (QED) is 0.0476. The number of hydrogen-bond donors (Lipinski definition) is 0. The summed E-state index contributed by atoms with van der Waals surface area (Å²) < 4.78 is 0. The molecule has 266 valence electrons. The summed E-state index contributed by atoms with van der Waals surface area (Å²) in [6, 6.07) is 15.4. The van der Waals surface area contributed by atoms with Crippen LogP contribution in [0, 0.1) is 5.41 Å². The van der Waals surface area contributed by atoms with Crippen LogP contribution in [-0.4, -0.2) is 46.0 Å². The molecule has 0 saturated heterocycles. The van der Waals surface area contributed by atoms with Crippen molar-refractivity contribution >= 4 is 66.7 Å². The fraction of sp³-hybridized carbons (Fsp3) is 0.467. The van der Waals surface area contributed by atoms with Gasteiger partial charge in [-0.15, -0.1) is 0 Å². The number of fused-ring (bicyclic) bond motifs is 2. The van der Waals surface area contributed by atoms with Crippen LogP contribution in [0.25, 0.3) is 43.1 Å². The van der Waals surface area contributed by atoms with Crippen molar-refractivity contribution in [2.24, 2.45) is 5.41 Å². The van der Waals surface area contributed by atoms with Crippen LogP contribution in [0.5, 0.6) is 0 Å². The Hall–Kier alpha value is -4.32. The van der Waals surface area contributed by atoms with E-state index in [1.165, 1.54) is 4.90 Å². The largest absolute Gasteiger partial charge is 0.274 e. The molecule has 0 radical (unpaired) electrons. The molecular formula is C45H52N2O4. The molecule has 5 aromatic carbocycles. The summed E-state index contributed by atoms with van der Waals surface area (Å²) in [4.78, 5) is 59.5. The van der Waals surface area contributed by atoms with Crippen LogP contribution in [-0.2, 0) is 0 Å². The lowest BCUT2D eigenvalue weighted by Crippen LogP contribution is -2.47. The van der Waals surface area contributed by atoms with Gasteiger partial charge in [-0.25, -0.2) is 0 Å². The monoisotopic (exact) mass is 684 g/mol. The summed E-state index contributed by atoms with van der Waals surface area (Å²) in [5, 5.41) is 6.93. The molecular weight excluding hydrogens is 633 g/mol. The predicted octanol–water partition coefficient (Wildman–Crippen LogP) is 11.5. The Kier molecular flexibility index (Phi) is 9.64. The summed E-state index contributed by atoms with van der Waals surface area (Å²) in [5.74, 6) is -0.859. The Morgan fingerprint density at radius 1 is 0.490 bits per heavy atom. The van der Waals surface area contributed by atoms with E-state index in [1.807, 2.05) is 48.5 Å². The Morgan fingerprint density at radius 2 is 0.902 bits per heavy atom. The van der Waals surface area contributed by atoms with Crippen LogP contribution in [0.2, 0.25) is 0 Å². The fourth-order valence-corrected chi connectivity index (χ4v) is 8.81. The molecule has 0 N–H and O–H groups in total. The van der Waals surface area contributed by atoms with Gasteiger partial charge in [0.25, 0.3) is 23.6 Å². The van der Waals surface area contributed by atoms with E-state index in [0.29, 0.717) is 39.6 Å². The van der Waals surface area contributed by atoms with Crippen molar-refractivity contribution in [3.8, 4) is 0 Å². The maximum Gasteiger partial charge on any atom is 0.261 e. The van der Waals surface area contributed by atoms with Gasteiger partial charge in [0.1, 0.15) is 0 Å². The topological polar surface area (TPSA) is 74.8 Å². The van der Waals surface area contributed by atoms with Gasteiger partial charge in [-0.3, -0.25) is 29.0 Å². The normalized spacial score (nSPS) is 14.9. The third-order valence-corrected chi connectivity index (χ3v) is 11.5. The first kappa shape index (κ1) is 35.1. The Balaban J connectivity index is 1.27. The van der Waals surface area contributed by atoms with Gasteiger partial charge < -0.3 is 0 Å². The summed E-state index contributed by atoms with van der Waals surface area (Å²) in [6.45, 7) is 11.5. The van der Waals surface area contributed by atoms with E-state index in [4.69, 9.17) is 0 Å². The number of unbranched alkanes of at least 4 members (excludes halogenated alkanes) is 7. The average Bonchev–Trinajstić information content (AvgIpc) is 3.11. The molecule has 5 aromatic rings. The highest BCUT2D eigenvalue weighted by atomic mass is 16.2. The average molecular weight is 685 g/mol. The van der Waals surface area contributed by atoms with Gasteiger partial charge >= 0.3 is 0 Å². The highest BCUT2D eigenvalue weighted by molar-refractivity contribution is 6.41. The van der Waals surface area contributed by atoms with Crippen LogP contribution < -0.4 is 0 Å². The Morgan fingerprint density at radius 3 is 1.31 bits per heavy atom. The molecule has 4 amide bonds. The predicted molar refractivity (Wildman–Crippen MR) is 208 cm³/mol. The van der Waals surface area contributed by atoms with Gasteiger partial charge in [0, 0.05) is 45.6 Å². The molecule has 0 saturated carbocycles. The molecule has 0 unspecified atom stereocenters. The number of hydrogen-bond acceptors (Lipinski definition) is 4. The first-order valence-electron chi connectivity index (χ1n) is 19.5. The molecule has 0 spiro atoms. The van der Waals surface area contributed by atoms with Gasteiger partial charge in [-0.2, -0.15) is 0 Å². The van der Waals surface area contributed by atoms with E-state index in [-0.39, 0.29) is 29.7 Å². The molecule has 0 bridgehead atoms. The maximum absolute atomic E-state index is 14.3. The third kappa shape index (κ3) is 6.08. The molecule has 0 atom stereocenters. The van der Waals surface area contributed by atoms with Gasteiger partial charge in [0.2, 0.25) is 0 Å². The standard InChI is InChI=1S/C45H52N2O4/c1-6-8-12-16-28(17-13-9-7-2)47-43(50)35-24-20-31-29-18-22-33-39-34(42(49)46(41(33)48)27-15-11-10-14-26-45(3,4)5)23-19-30(37(29)39)32-21-25-36(44(47)51)40(35)38(31)32/h18-25,28H,6-17,26-27H2,1-5H3. The third-order valence-electron chi connectivity index (χ3n) is 11.5. The Labute approximate surface area is 301 Å². The summed E-state index contributed by atoms with van der Waals surface area (Å²) in [6.07, 6.45) is 13.2. The van der Waals surface area contributed by atoms with E-state index in [0.717, 1.165) is 121 Å². The fourth-order valence-electron chi connectivity index (χ4n) is 8.81. The number of rotatable bonds is 15. The zero-order valence-electron chi connectivity index (χ0n) is 31.1.